The van der Waals surface area contributed by atoms with Gasteiger partial charge in [0.15, 0.2) is 0 Å². The first kappa shape index (κ1) is 8.97. The summed E-state index contributed by atoms with van der Waals surface area (Å²) in [6, 6.07) is 1.32. The van der Waals surface area contributed by atoms with Gasteiger partial charge in [-0.25, -0.2) is 5.84 Å². The Labute approximate surface area is 78.2 Å². The van der Waals surface area contributed by atoms with Gasteiger partial charge in [-0.1, -0.05) is 0 Å². The van der Waals surface area contributed by atoms with Gasteiger partial charge in [-0.05, 0) is 31.6 Å². The zero-order valence-electron chi connectivity index (χ0n) is 7.75. The molecule has 4 heteroatoms. The molecule has 2 fully saturated rings. The van der Waals surface area contributed by atoms with E-state index in [2.05, 4.69) is 10.7 Å². The second kappa shape index (κ2) is 3.64. The van der Waals surface area contributed by atoms with E-state index in [1.165, 1.54) is 12.8 Å². The Morgan fingerprint density at radius 2 is 2.00 bits per heavy atom. The van der Waals surface area contributed by atoms with E-state index < -0.39 is 0 Å². The third kappa shape index (κ3) is 2.00. The zero-order valence-corrected chi connectivity index (χ0v) is 7.75. The van der Waals surface area contributed by atoms with E-state index in [1.807, 2.05) is 0 Å². The Kier molecular flexibility index (Phi) is 2.51. The number of carbonyl (C=O) groups excluding carboxylic acids is 1. The van der Waals surface area contributed by atoms with Gasteiger partial charge < -0.3 is 5.32 Å². The number of nitrogens with two attached hydrogens (primary N) is 1. The van der Waals surface area contributed by atoms with Gasteiger partial charge in [0.2, 0.25) is 5.91 Å². The molecule has 4 nitrogen and oxygen atoms in total. The van der Waals surface area contributed by atoms with Crippen LogP contribution in [0.4, 0.5) is 0 Å². The fourth-order valence-corrected chi connectivity index (χ4v) is 2.66. The van der Waals surface area contributed by atoms with Crippen LogP contribution in [0.25, 0.3) is 0 Å². The fraction of sp³-hybridized carbons (Fsp3) is 0.889. The van der Waals surface area contributed by atoms with Gasteiger partial charge in [0, 0.05) is 18.5 Å². The quantitative estimate of drug-likeness (QED) is 0.318. The van der Waals surface area contributed by atoms with Crippen molar-refractivity contribution in [3.63, 3.8) is 0 Å². The van der Waals surface area contributed by atoms with Gasteiger partial charge in [0.1, 0.15) is 0 Å². The topological polar surface area (TPSA) is 67.1 Å². The normalized spacial score (nSPS) is 37.5. The second-order valence-corrected chi connectivity index (χ2v) is 4.25. The fourth-order valence-electron chi connectivity index (χ4n) is 2.66. The predicted molar refractivity (Wildman–Crippen MR) is 49.6 cm³/mol. The van der Waals surface area contributed by atoms with E-state index >= 15 is 0 Å². The molecule has 2 bridgehead atoms. The molecule has 2 atom stereocenters. The molecule has 1 amide bonds. The first-order chi connectivity index (χ1) is 6.28. The van der Waals surface area contributed by atoms with Crippen LogP contribution in [-0.2, 0) is 4.79 Å². The molecule has 2 unspecified atom stereocenters. The molecule has 74 valence electrons. The second-order valence-electron chi connectivity index (χ2n) is 4.25. The van der Waals surface area contributed by atoms with Crippen molar-refractivity contribution in [2.75, 3.05) is 0 Å². The molecule has 2 rings (SSSR count). The highest BCUT2D eigenvalue weighted by Crippen LogP contribution is 2.32. The monoisotopic (exact) mass is 183 g/mol. The minimum absolute atomic E-state index is 0.0219. The van der Waals surface area contributed by atoms with Crippen molar-refractivity contribution < 1.29 is 4.79 Å². The number of carbonyl (C=O) groups is 1. The van der Waals surface area contributed by atoms with E-state index in [9.17, 15) is 4.79 Å². The number of fused-ring (bicyclic) bond motifs is 2. The molecule has 0 aromatic rings. The highest BCUT2D eigenvalue weighted by atomic mass is 16.2. The van der Waals surface area contributed by atoms with Crippen molar-refractivity contribution in [2.45, 2.75) is 44.2 Å². The van der Waals surface area contributed by atoms with Crippen molar-refractivity contribution in [1.82, 2.24) is 10.7 Å². The van der Waals surface area contributed by atoms with Crippen LogP contribution in [0.15, 0.2) is 0 Å². The van der Waals surface area contributed by atoms with Crippen molar-refractivity contribution in [3.05, 3.63) is 0 Å². The van der Waals surface area contributed by atoms with Gasteiger partial charge in [-0.15, -0.1) is 0 Å². The van der Waals surface area contributed by atoms with Crippen LogP contribution >= 0.6 is 0 Å². The molecular formula is C9H17N3O. The Balaban J connectivity index is 1.85. The Morgan fingerprint density at radius 3 is 2.54 bits per heavy atom. The summed E-state index contributed by atoms with van der Waals surface area (Å²) in [6.45, 7) is 0. The molecule has 2 heterocycles. The summed E-state index contributed by atoms with van der Waals surface area (Å²) in [5, 5.41) is 3.55. The predicted octanol–water partition coefficient (Wildman–Crippen LogP) is -0.103. The van der Waals surface area contributed by atoms with Gasteiger partial charge in [0.05, 0.1) is 0 Å². The molecular weight excluding hydrogens is 166 g/mol. The summed E-state index contributed by atoms with van der Waals surface area (Å²) in [5.41, 5.74) is 2.20. The molecule has 0 saturated carbocycles. The van der Waals surface area contributed by atoms with Gasteiger partial charge >= 0.3 is 0 Å². The van der Waals surface area contributed by atoms with E-state index in [0.29, 0.717) is 24.4 Å². The molecule has 0 spiro atoms. The number of rotatable bonds is 2. The van der Waals surface area contributed by atoms with Gasteiger partial charge in [-0.3, -0.25) is 10.2 Å². The largest absolute Gasteiger partial charge is 0.311 e. The number of hydrazine groups is 1. The van der Waals surface area contributed by atoms with Crippen LogP contribution in [0.3, 0.4) is 0 Å². The van der Waals surface area contributed by atoms with Gasteiger partial charge in [0.25, 0.3) is 0 Å². The molecule has 0 aromatic carbocycles. The zero-order chi connectivity index (χ0) is 9.26. The number of amides is 1. The Morgan fingerprint density at radius 1 is 1.38 bits per heavy atom. The maximum atomic E-state index is 11.1. The first-order valence-corrected chi connectivity index (χ1v) is 5.03. The van der Waals surface area contributed by atoms with E-state index in [4.69, 9.17) is 5.84 Å². The highest BCUT2D eigenvalue weighted by Gasteiger charge is 2.33. The lowest BCUT2D eigenvalue weighted by Gasteiger charge is -2.28. The van der Waals surface area contributed by atoms with Crippen molar-refractivity contribution >= 4 is 5.91 Å². The lowest BCUT2D eigenvalue weighted by Crippen LogP contribution is -2.40. The molecule has 2 aliphatic rings. The number of hydrogen-bond donors (Lipinski definition) is 3. The van der Waals surface area contributed by atoms with Gasteiger partial charge in [-0.2, -0.15) is 0 Å². The molecule has 4 N–H and O–H groups in total. The van der Waals surface area contributed by atoms with E-state index in [-0.39, 0.29) is 5.91 Å². The van der Waals surface area contributed by atoms with Crippen LogP contribution in [0.1, 0.15) is 32.1 Å². The molecule has 0 aliphatic carbocycles. The first-order valence-electron chi connectivity index (χ1n) is 5.03. The highest BCUT2D eigenvalue weighted by molar-refractivity contribution is 5.75. The number of hydrogen-bond acceptors (Lipinski definition) is 3. The van der Waals surface area contributed by atoms with Crippen LogP contribution in [0, 0.1) is 5.92 Å². The van der Waals surface area contributed by atoms with Crippen molar-refractivity contribution in [1.29, 1.82) is 0 Å². The van der Waals surface area contributed by atoms with Crippen LogP contribution in [0.2, 0.25) is 0 Å². The van der Waals surface area contributed by atoms with Crippen LogP contribution in [0.5, 0.6) is 0 Å². The Hall–Kier alpha value is -0.610. The molecule has 2 aliphatic heterocycles. The van der Waals surface area contributed by atoms with E-state index in [1.54, 1.807) is 0 Å². The summed E-state index contributed by atoms with van der Waals surface area (Å²) >= 11 is 0. The lowest BCUT2D eigenvalue weighted by atomic mass is 9.89. The molecule has 0 radical (unpaired) electrons. The lowest BCUT2D eigenvalue weighted by molar-refractivity contribution is -0.122. The van der Waals surface area contributed by atoms with Crippen LogP contribution in [-0.4, -0.2) is 18.0 Å². The number of nitrogens with one attached hydrogen (secondary N) is 2. The SMILES string of the molecule is NNC(=O)CC1CC2CCC(C1)N2. The smallest absolute Gasteiger partial charge is 0.234 e. The van der Waals surface area contributed by atoms with Crippen molar-refractivity contribution in [3.8, 4) is 0 Å². The molecule has 13 heavy (non-hydrogen) atoms. The van der Waals surface area contributed by atoms with Crippen molar-refractivity contribution in [2.24, 2.45) is 11.8 Å². The minimum atomic E-state index is -0.0219. The summed E-state index contributed by atoms with van der Waals surface area (Å²) in [7, 11) is 0. The third-order valence-corrected chi connectivity index (χ3v) is 3.21. The molecule has 0 aromatic heterocycles. The average Bonchev–Trinajstić information content (AvgIpc) is 2.46. The summed E-state index contributed by atoms with van der Waals surface area (Å²) < 4.78 is 0. The molecule has 2 saturated heterocycles. The van der Waals surface area contributed by atoms with Crippen LogP contribution < -0.4 is 16.6 Å². The number of piperidine rings is 1. The minimum Gasteiger partial charge on any atom is -0.311 e. The average molecular weight is 183 g/mol. The summed E-state index contributed by atoms with van der Waals surface area (Å²) in [6.07, 6.45) is 5.45. The maximum Gasteiger partial charge on any atom is 0.234 e. The summed E-state index contributed by atoms with van der Waals surface area (Å²) in [5.74, 6) is 5.58. The van der Waals surface area contributed by atoms with E-state index in [0.717, 1.165) is 12.8 Å². The standard InChI is InChI=1S/C9H17N3O/c10-12-9(13)5-6-3-7-1-2-8(4-6)11-7/h6-8,11H,1-5,10H2,(H,12,13). The Bertz CT molecular complexity index is 195. The summed E-state index contributed by atoms with van der Waals surface area (Å²) in [4.78, 5) is 11.1. The third-order valence-electron chi connectivity index (χ3n) is 3.21. The maximum absolute atomic E-state index is 11.1.